The van der Waals surface area contributed by atoms with E-state index in [9.17, 15) is 8.42 Å². The SMILES string of the molecule is CC1(CN)CCN(S(=O)(=O)c2ccc(OCc3ccccc3)cc2)C1. The van der Waals surface area contributed by atoms with E-state index in [1.165, 1.54) is 4.31 Å². The first kappa shape index (κ1) is 17.9. The van der Waals surface area contributed by atoms with Crippen molar-refractivity contribution in [1.82, 2.24) is 4.31 Å². The number of hydrogen-bond acceptors (Lipinski definition) is 4. The van der Waals surface area contributed by atoms with Gasteiger partial charge in [-0.1, -0.05) is 37.3 Å². The molecule has 2 aromatic rings. The van der Waals surface area contributed by atoms with Gasteiger partial charge in [-0.25, -0.2) is 8.42 Å². The molecular weight excluding hydrogens is 336 g/mol. The van der Waals surface area contributed by atoms with Crippen LogP contribution in [0.25, 0.3) is 0 Å². The molecule has 1 fully saturated rings. The Kier molecular flexibility index (Phi) is 5.13. The van der Waals surface area contributed by atoms with Crippen molar-refractivity contribution in [3.8, 4) is 5.75 Å². The summed E-state index contributed by atoms with van der Waals surface area (Å²) < 4.78 is 32.8. The molecule has 134 valence electrons. The zero-order valence-corrected chi connectivity index (χ0v) is 15.2. The number of rotatable bonds is 6. The lowest BCUT2D eigenvalue weighted by Crippen LogP contribution is -2.34. The number of benzene rings is 2. The molecule has 25 heavy (non-hydrogen) atoms. The molecule has 0 bridgehead atoms. The van der Waals surface area contributed by atoms with Gasteiger partial charge in [0.25, 0.3) is 0 Å². The maximum atomic E-state index is 12.8. The normalized spacial score (nSPS) is 21.4. The first-order valence-corrected chi connectivity index (χ1v) is 9.84. The molecular formula is C19H24N2O3S. The molecule has 0 saturated carbocycles. The smallest absolute Gasteiger partial charge is 0.243 e. The van der Waals surface area contributed by atoms with E-state index in [-0.39, 0.29) is 5.41 Å². The highest BCUT2D eigenvalue weighted by molar-refractivity contribution is 7.89. The molecule has 0 amide bonds. The lowest BCUT2D eigenvalue weighted by Gasteiger charge is -2.22. The Morgan fingerprint density at radius 3 is 2.40 bits per heavy atom. The Hall–Kier alpha value is -1.89. The van der Waals surface area contributed by atoms with Crippen molar-refractivity contribution < 1.29 is 13.2 Å². The molecule has 1 saturated heterocycles. The van der Waals surface area contributed by atoms with Gasteiger partial charge in [-0.2, -0.15) is 4.31 Å². The van der Waals surface area contributed by atoms with Gasteiger partial charge in [-0.05, 0) is 48.2 Å². The summed E-state index contributed by atoms with van der Waals surface area (Å²) in [6.07, 6.45) is 0.793. The molecule has 0 radical (unpaired) electrons. The van der Waals surface area contributed by atoms with Crippen molar-refractivity contribution in [1.29, 1.82) is 0 Å². The second-order valence-electron chi connectivity index (χ2n) is 6.85. The Labute approximate surface area is 149 Å². The van der Waals surface area contributed by atoms with Gasteiger partial charge in [0.2, 0.25) is 10.0 Å². The van der Waals surface area contributed by atoms with Gasteiger partial charge in [0.15, 0.2) is 0 Å². The van der Waals surface area contributed by atoms with Crippen LogP contribution in [0.15, 0.2) is 59.5 Å². The maximum absolute atomic E-state index is 12.8. The monoisotopic (exact) mass is 360 g/mol. The lowest BCUT2D eigenvalue weighted by molar-refractivity contribution is 0.306. The number of sulfonamides is 1. The Bertz CT molecular complexity index is 806. The average Bonchev–Trinajstić information content (AvgIpc) is 3.05. The summed E-state index contributed by atoms with van der Waals surface area (Å²) in [7, 11) is -3.48. The molecule has 2 N–H and O–H groups in total. The van der Waals surface area contributed by atoms with Gasteiger partial charge in [0.1, 0.15) is 12.4 Å². The van der Waals surface area contributed by atoms with Gasteiger partial charge in [0, 0.05) is 13.1 Å². The van der Waals surface area contributed by atoms with Gasteiger partial charge >= 0.3 is 0 Å². The second kappa shape index (κ2) is 7.15. The van der Waals surface area contributed by atoms with Crippen LogP contribution >= 0.6 is 0 Å². The zero-order chi connectivity index (χ0) is 17.9. The molecule has 5 nitrogen and oxygen atoms in total. The highest BCUT2D eigenvalue weighted by atomic mass is 32.2. The van der Waals surface area contributed by atoms with Crippen molar-refractivity contribution in [2.75, 3.05) is 19.6 Å². The van der Waals surface area contributed by atoms with Gasteiger partial charge < -0.3 is 10.5 Å². The Morgan fingerprint density at radius 1 is 1.12 bits per heavy atom. The van der Waals surface area contributed by atoms with Gasteiger partial charge in [0.05, 0.1) is 4.90 Å². The van der Waals surface area contributed by atoms with Crippen LogP contribution in [0.2, 0.25) is 0 Å². The molecule has 3 rings (SSSR count). The van der Waals surface area contributed by atoms with E-state index in [4.69, 9.17) is 10.5 Å². The third kappa shape index (κ3) is 4.03. The maximum Gasteiger partial charge on any atom is 0.243 e. The third-order valence-corrected chi connectivity index (χ3v) is 6.58. The molecule has 1 aliphatic heterocycles. The summed E-state index contributed by atoms with van der Waals surface area (Å²) >= 11 is 0. The fourth-order valence-electron chi connectivity index (χ4n) is 2.95. The molecule has 1 aliphatic rings. The number of ether oxygens (including phenoxy) is 1. The van der Waals surface area contributed by atoms with Crippen molar-refractivity contribution >= 4 is 10.0 Å². The zero-order valence-electron chi connectivity index (χ0n) is 14.4. The highest BCUT2D eigenvalue weighted by Crippen LogP contribution is 2.32. The van der Waals surface area contributed by atoms with Crippen LogP contribution in [0, 0.1) is 5.41 Å². The predicted molar refractivity (Wildman–Crippen MR) is 97.8 cm³/mol. The lowest BCUT2D eigenvalue weighted by atomic mass is 9.90. The second-order valence-corrected chi connectivity index (χ2v) is 8.79. The number of nitrogens with zero attached hydrogens (tertiary/aromatic N) is 1. The van der Waals surface area contributed by atoms with Crippen LogP contribution in [0.1, 0.15) is 18.9 Å². The summed E-state index contributed by atoms with van der Waals surface area (Å²) in [5.41, 5.74) is 6.71. The standard InChI is InChI=1S/C19H24N2O3S/c1-19(14-20)11-12-21(15-19)25(22,23)18-9-7-17(8-10-18)24-13-16-5-3-2-4-6-16/h2-10H,11-15,20H2,1H3. The summed E-state index contributed by atoms with van der Waals surface area (Å²) in [6.45, 7) is 3.96. The molecule has 6 heteroatoms. The first-order valence-electron chi connectivity index (χ1n) is 8.40. The minimum absolute atomic E-state index is 0.133. The van der Waals surface area contributed by atoms with Crippen LogP contribution in [0.4, 0.5) is 0 Å². The number of hydrogen-bond donors (Lipinski definition) is 1. The minimum Gasteiger partial charge on any atom is -0.489 e. The van der Waals surface area contributed by atoms with E-state index < -0.39 is 10.0 Å². The summed E-state index contributed by atoms with van der Waals surface area (Å²) in [5.74, 6) is 0.649. The average molecular weight is 360 g/mol. The van der Waals surface area contributed by atoms with E-state index in [0.717, 1.165) is 12.0 Å². The van der Waals surface area contributed by atoms with Crippen molar-refractivity contribution in [2.24, 2.45) is 11.1 Å². The summed E-state index contributed by atoms with van der Waals surface area (Å²) in [6, 6.07) is 16.5. The van der Waals surface area contributed by atoms with E-state index in [1.807, 2.05) is 37.3 Å². The molecule has 0 spiro atoms. The van der Waals surface area contributed by atoms with Gasteiger partial charge in [-0.15, -0.1) is 0 Å². The summed E-state index contributed by atoms with van der Waals surface area (Å²) in [5, 5.41) is 0. The fraction of sp³-hybridized carbons (Fsp3) is 0.368. The van der Waals surface area contributed by atoms with E-state index in [1.54, 1.807) is 24.3 Å². The molecule has 1 heterocycles. The van der Waals surface area contributed by atoms with Crippen LogP contribution in [0.3, 0.4) is 0 Å². The van der Waals surface area contributed by atoms with Crippen molar-refractivity contribution in [3.05, 3.63) is 60.2 Å². The van der Waals surface area contributed by atoms with Crippen LogP contribution in [0.5, 0.6) is 5.75 Å². The Balaban J connectivity index is 1.67. The molecule has 0 aliphatic carbocycles. The quantitative estimate of drug-likeness (QED) is 0.859. The van der Waals surface area contributed by atoms with Crippen molar-refractivity contribution in [2.45, 2.75) is 24.8 Å². The molecule has 1 atom stereocenters. The van der Waals surface area contributed by atoms with Crippen LogP contribution in [-0.4, -0.2) is 32.4 Å². The molecule has 2 aromatic carbocycles. The van der Waals surface area contributed by atoms with E-state index in [0.29, 0.717) is 36.9 Å². The summed E-state index contributed by atoms with van der Waals surface area (Å²) in [4.78, 5) is 0.292. The van der Waals surface area contributed by atoms with E-state index in [2.05, 4.69) is 0 Å². The minimum atomic E-state index is -3.48. The Morgan fingerprint density at radius 2 is 1.80 bits per heavy atom. The number of nitrogens with two attached hydrogens (primary N) is 1. The predicted octanol–water partition coefficient (Wildman–Crippen LogP) is 2.63. The fourth-order valence-corrected chi connectivity index (χ4v) is 4.54. The third-order valence-electron chi connectivity index (χ3n) is 4.73. The highest BCUT2D eigenvalue weighted by Gasteiger charge is 2.38. The van der Waals surface area contributed by atoms with E-state index >= 15 is 0 Å². The van der Waals surface area contributed by atoms with Gasteiger partial charge in [-0.3, -0.25) is 0 Å². The van der Waals surface area contributed by atoms with Crippen LogP contribution < -0.4 is 10.5 Å². The first-order chi connectivity index (χ1) is 11.9. The molecule has 0 aromatic heterocycles. The van der Waals surface area contributed by atoms with Crippen molar-refractivity contribution in [3.63, 3.8) is 0 Å². The largest absolute Gasteiger partial charge is 0.489 e. The molecule has 1 unspecified atom stereocenters. The topological polar surface area (TPSA) is 72.6 Å². The van der Waals surface area contributed by atoms with Crippen LogP contribution in [-0.2, 0) is 16.6 Å².